The van der Waals surface area contributed by atoms with Crippen LogP contribution in [0.5, 0.6) is 0 Å². The molecule has 4 rings (SSSR count). The minimum atomic E-state index is -0.623. The van der Waals surface area contributed by atoms with Crippen LogP contribution in [-0.2, 0) is 6.54 Å². The molecule has 0 bridgehead atoms. The molecule has 25 heavy (non-hydrogen) atoms. The number of hydrogen-bond donors (Lipinski definition) is 1. The van der Waals surface area contributed by atoms with E-state index >= 15 is 0 Å². The Hall–Kier alpha value is -2.61. The van der Waals surface area contributed by atoms with Crippen molar-refractivity contribution in [1.82, 2.24) is 29.9 Å². The minimum absolute atomic E-state index is 0.247. The molecule has 0 spiro atoms. The van der Waals surface area contributed by atoms with Crippen molar-refractivity contribution < 1.29 is 8.78 Å². The Bertz CT molecular complexity index is 837. The summed E-state index contributed by atoms with van der Waals surface area (Å²) in [4.78, 5) is 6.56. The van der Waals surface area contributed by atoms with Gasteiger partial charge in [-0.15, -0.1) is 0 Å². The quantitative estimate of drug-likeness (QED) is 0.790. The van der Waals surface area contributed by atoms with Gasteiger partial charge in [-0.05, 0) is 44.1 Å². The second kappa shape index (κ2) is 6.72. The van der Waals surface area contributed by atoms with Gasteiger partial charge in [0.1, 0.15) is 23.7 Å². The van der Waals surface area contributed by atoms with Crippen molar-refractivity contribution in [2.75, 3.05) is 13.1 Å². The smallest absolute Gasteiger partial charge is 0.151 e. The van der Waals surface area contributed by atoms with E-state index in [0.717, 1.165) is 43.5 Å². The first kappa shape index (κ1) is 15.9. The zero-order chi connectivity index (χ0) is 17.2. The van der Waals surface area contributed by atoms with Crippen LogP contribution in [0.15, 0.2) is 36.8 Å². The van der Waals surface area contributed by atoms with Gasteiger partial charge in [0.2, 0.25) is 0 Å². The molecule has 0 saturated carbocycles. The first-order valence-electron chi connectivity index (χ1n) is 8.26. The number of H-pyrrole nitrogens is 1. The van der Waals surface area contributed by atoms with Gasteiger partial charge in [0.15, 0.2) is 5.82 Å². The van der Waals surface area contributed by atoms with Crippen LogP contribution in [0.2, 0.25) is 0 Å². The van der Waals surface area contributed by atoms with Crippen LogP contribution in [0.4, 0.5) is 8.78 Å². The van der Waals surface area contributed by atoms with Crippen molar-refractivity contribution in [3.8, 4) is 5.69 Å². The Morgan fingerprint density at radius 2 is 2.00 bits per heavy atom. The van der Waals surface area contributed by atoms with Gasteiger partial charge < -0.3 is 0 Å². The molecule has 0 amide bonds. The standard InChI is InChI=1S/C17H18F2N6/c18-13-1-2-16(15(19)9-13)25-8-5-14(23-25)10-24-6-3-12(4-7-24)17-20-11-21-22-17/h1-2,5,8-9,11-12H,3-4,6-7,10H2,(H,20,21,22). The van der Waals surface area contributed by atoms with E-state index in [0.29, 0.717) is 12.5 Å². The molecule has 0 atom stereocenters. The zero-order valence-corrected chi connectivity index (χ0v) is 13.6. The molecule has 3 heterocycles. The summed E-state index contributed by atoms with van der Waals surface area (Å²) in [6.07, 6.45) is 5.28. The molecule has 1 saturated heterocycles. The Morgan fingerprint density at radius 1 is 1.16 bits per heavy atom. The molecule has 0 unspecified atom stereocenters. The van der Waals surface area contributed by atoms with Crippen molar-refractivity contribution in [2.45, 2.75) is 25.3 Å². The van der Waals surface area contributed by atoms with E-state index in [1.54, 1.807) is 12.5 Å². The summed E-state index contributed by atoms with van der Waals surface area (Å²) in [5, 5.41) is 11.3. The van der Waals surface area contributed by atoms with Crippen LogP contribution in [0.25, 0.3) is 5.69 Å². The largest absolute Gasteiger partial charge is 0.297 e. The fourth-order valence-corrected chi connectivity index (χ4v) is 3.25. The fourth-order valence-electron chi connectivity index (χ4n) is 3.25. The molecule has 1 N–H and O–H groups in total. The summed E-state index contributed by atoms with van der Waals surface area (Å²) in [6, 6.07) is 5.36. The van der Waals surface area contributed by atoms with Gasteiger partial charge >= 0.3 is 0 Å². The number of aromatic nitrogens is 5. The van der Waals surface area contributed by atoms with Crippen molar-refractivity contribution >= 4 is 0 Å². The van der Waals surface area contributed by atoms with Crippen molar-refractivity contribution in [1.29, 1.82) is 0 Å². The molecule has 8 heteroatoms. The SMILES string of the molecule is Fc1ccc(-n2ccc(CN3CCC(c4ncn[nH]4)CC3)n2)c(F)c1. The highest BCUT2D eigenvalue weighted by Gasteiger charge is 2.23. The van der Waals surface area contributed by atoms with Crippen molar-refractivity contribution in [2.24, 2.45) is 0 Å². The molecule has 1 fully saturated rings. The molecule has 2 aromatic heterocycles. The van der Waals surface area contributed by atoms with Gasteiger partial charge in [0, 0.05) is 24.7 Å². The van der Waals surface area contributed by atoms with Crippen LogP contribution in [0, 0.1) is 11.6 Å². The van der Waals surface area contributed by atoms with Crippen LogP contribution in [-0.4, -0.2) is 43.0 Å². The lowest BCUT2D eigenvalue weighted by atomic mass is 9.96. The van der Waals surface area contributed by atoms with E-state index in [2.05, 4.69) is 25.2 Å². The Morgan fingerprint density at radius 3 is 2.72 bits per heavy atom. The molecular formula is C17H18F2N6. The van der Waals surface area contributed by atoms with Crippen molar-refractivity contribution in [3.63, 3.8) is 0 Å². The number of nitrogens with one attached hydrogen (secondary N) is 1. The number of aromatic amines is 1. The van der Waals surface area contributed by atoms with Gasteiger partial charge in [-0.3, -0.25) is 10.00 Å². The number of rotatable bonds is 4. The molecule has 130 valence electrons. The average Bonchev–Trinajstić information content (AvgIpc) is 3.28. The van der Waals surface area contributed by atoms with Crippen LogP contribution < -0.4 is 0 Å². The van der Waals surface area contributed by atoms with E-state index in [1.165, 1.54) is 16.8 Å². The van der Waals surface area contributed by atoms with E-state index < -0.39 is 11.6 Å². The topological polar surface area (TPSA) is 62.6 Å². The molecular weight excluding hydrogens is 326 g/mol. The predicted octanol–water partition coefficient (Wildman–Crippen LogP) is 2.65. The summed E-state index contributed by atoms with van der Waals surface area (Å²) in [6.45, 7) is 2.60. The summed E-state index contributed by atoms with van der Waals surface area (Å²) >= 11 is 0. The third-order valence-corrected chi connectivity index (χ3v) is 4.59. The van der Waals surface area contributed by atoms with Gasteiger partial charge in [0.25, 0.3) is 0 Å². The molecule has 3 aromatic rings. The van der Waals surface area contributed by atoms with E-state index in [4.69, 9.17) is 0 Å². The lowest BCUT2D eigenvalue weighted by molar-refractivity contribution is 0.199. The molecule has 1 aromatic carbocycles. The summed E-state index contributed by atoms with van der Waals surface area (Å²) in [5.74, 6) is 0.158. The number of halogens is 2. The van der Waals surface area contributed by atoms with Gasteiger partial charge in [-0.1, -0.05) is 0 Å². The number of benzene rings is 1. The van der Waals surface area contributed by atoms with Crippen LogP contribution in [0.3, 0.4) is 0 Å². The van der Waals surface area contributed by atoms with Gasteiger partial charge in [-0.2, -0.15) is 10.2 Å². The lowest BCUT2D eigenvalue weighted by Gasteiger charge is -2.30. The Labute approximate surface area is 143 Å². The molecule has 6 nitrogen and oxygen atoms in total. The lowest BCUT2D eigenvalue weighted by Crippen LogP contribution is -2.33. The predicted molar refractivity (Wildman–Crippen MR) is 87.1 cm³/mol. The molecule has 1 aliphatic heterocycles. The van der Waals surface area contributed by atoms with Crippen LogP contribution >= 0.6 is 0 Å². The van der Waals surface area contributed by atoms with Gasteiger partial charge in [0.05, 0.1) is 5.69 Å². The van der Waals surface area contributed by atoms with Crippen LogP contribution in [0.1, 0.15) is 30.3 Å². The zero-order valence-electron chi connectivity index (χ0n) is 13.6. The summed E-state index contributed by atoms with van der Waals surface area (Å²) < 4.78 is 28.3. The van der Waals surface area contributed by atoms with Gasteiger partial charge in [-0.25, -0.2) is 18.4 Å². The maximum atomic E-state index is 13.9. The number of piperidine rings is 1. The maximum absolute atomic E-state index is 13.9. The summed E-state index contributed by atoms with van der Waals surface area (Å²) in [7, 11) is 0. The number of likely N-dealkylation sites (tertiary alicyclic amines) is 1. The van der Waals surface area contributed by atoms with E-state index in [1.807, 2.05) is 6.07 Å². The third-order valence-electron chi connectivity index (χ3n) is 4.59. The number of nitrogens with zero attached hydrogens (tertiary/aromatic N) is 5. The number of hydrogen-bond acceptors (Lipinski definition) is 4. The highest BCUT2D eigenvalue weighted by atomic mass is 19.1. The van der Waals surface area contributed by atoms with E-state index in [9.17, 15) is 8.78 Å². The Balaban J connectivity index is 1.39. The maximum Gasteiger partial charge on any atom is 0.151 e. The molecule has 1 aliphatic rings. The minimum Gasteiger partial charge on any atom is -0.297 e. The Kier molecular flexibility index (Phi) is 4.27. The molecule has 0 aliphatic carbocycles. The normalized spacial score (nSPS) is 16.4. The highest BCUT2D eigenvalue weighted by Crippen LogP contribution is 2.25. The third kappa shape index (κ3) is 3.43. The monoisotopic (exact) mass is 344 g/mol. The highest BCUT2D eigenvalue weighted by molar-refractivity contribution is 5.33. The first-order chi connectivity index (χ1) is 12.2. The fraction of sp³-hybridized carbons (Fsp3) is 0.353. The average molecular weight is 344 g/mol. The molecule has 0 radical (unpaired) electrons. The van der Waals surface area contributed by atoms with Crippen molar-refractivity contribution in [3.05, 3.63) is 59.9 Å². The summed E-state index contributed by atoms with van der Waals surface area (Å²) in [5.41, 5.74) is 1.11. The first-order valence-corrected chi connectivity index (χ1v) is 8.26. The van der Waals surface area contributed by atoms with E-state index in [-0.39, 0.29) is 5.69 Å². The second-order valence-electron chi connectivity index (χ2n) is 6.27. The second-order valence-corrected chi connectivity index (χ2v) is 6.27.